The summed E-state index contributed by atoms with van der Waals surface area (Å²) < 4.78 is 0. The number of nitrogens with one attached hydrogen (secondary N) is 1. The van der Waals surface area contributed by atoms with Gasteiger partial charge in [-0.05, 0) is 52.2 Å². The topological polar surface area (TPSA) is 35.6 Å². The van der Waals surface area contributed by atoms with Gasteiger partial charge in [0.1, 0.15) is 0 Å². The zero-order chi connectivity index (χ0) is 13.5. The van der Waals surface area contributed by atoms with Crippen LogP contribution in [-0.2, 0) is 4.79 Å². The van der Waals surface area contributed by atoms with Crippen LogP contribution in [0.2, 0.25) is 0 Å². The molecular weight excluding hydrogens is 238 g/mol. The van der Waals surface area contributed by atoms with Crippen LogP contribution in [0, 0.1) is 0 Å². The van der Waals surface area contributed by atoms with Crippen molar-refractivity contribution in [2.24, 2.45) is 0 Å². The van der Waals surface area contributed by atoms with Crippen molar-refractivity contribution in [2.45, 2.75) is 69.6 Å². The Morgan fingerprint density at radius 3 is 2.47 bits per heavy atom. The lowest BCUT2D eigenvalue weighted by Crippen LogP contribution is -2.49. The summed E-state index contributed by atoms with van der Waals surface area (Å²) in [5.74, 6) is 0.409. The van der Waals surface area contributed by atoms with E-state index in [-0.39, 0.29) is 11.7 Å². The molecule has 1 aliphatic carbocycles. The molecule has 0 aromatic heterocycles. The van der Waals surface area contributed by atoms with Crippen molar-refractivity contribution in [1.82, 2.24) is 15.1 Å². The van der Waals surface area contributed by atoms with E-state index in [1.807, 2.05) is 0 Å². The largest absolute Gasteiger partial charge is 0.322 e. The zero-order valence-electron chi connectivity index (χ0n) is 12.3. The van der Waals surface area contributed by atoms with Crippen LogP contribution in [0.3, 0.4) is 0 Å². The predicted molar refractivity (Wildman–Crippen MR) is 75.8 cm³/mol. The van der Waals surface area contributed by atoms with Gasteiger partial charge in [-0.3, -0.25) is 10.1 Å². The minimum absolute atomic E-state index is 0.190. The van der Waals surface area contributed by atoms with E-state index in [9.17, 15) is 4.79 Å². The summed E-state index contributed by atoms with van der Waals surface area (Å²) in [6.45, 7) is 4.44. The third-order valence-corrected chi connectivity index (χ3v) is 5.35. The summed E-state index contributed by atoms with van der Waals surface area (Å²) in [5, 5.41) is 3.69. The minimum Gasteiger partial charge on any atom is -0.322 e. The second-order valence-corrected chi connectivity index (χ2v) is 6.60. The van der Waals surface area contributed by atoms with Crippen LogP contribution in [0.5, 0.6) is 0 Å². The van der Waals surface area contributed by atoms with Crippen LogP contribution in [-0.4, -0.2) is 53.6 Å². The van der Waals surface area contributed by atoms with Gasteiger partial charge in [-0.2, -0.15) is 0 Å². The van der Waals surface area contributed by atoms with Gasteiger partial charge in [-0.1, -0.05) is 19.8 Å². The molecule has 4 heteroatoms. The molecule has 19 heavy (non-hydrogen) atoms. The maximum Gasteiger partial charge on any atom is 0.244 e. The molecule has 1 saturated carbocycles. The molecule has 4 nitrogen and oxygen atoms in total. The molecule has 0 aromatic rings. The first-order chi connectivity index (χ1) is 9.16. The number of amides is 1. The summed E-state index contributed by atoms with van der Waals surface area (Å²) in [4.78, 5) is 17.5. The van der Waals surface area contributed by atoms with Crippen LogP contribution in [0.25, 0.3) is 0 Å². The highest BCUT2D eigenvalue weighted by Crippen LogP contribution is 2.38. The number of rotatable bonds is 2. The summed E-state index contributed by atoms with van der Waals surface area (Å²) in [7, 11) is 2.18. The third kappa shape index (κ3) is 2.19. The van der Waals surface area contributed by atoms with Crippen molar-refractivity contribution in [2.75, 3.05) is 20.1 Å². The van der Waals surface area contributed by atoms with Crippen molar-refractivity contribution in [3.63, 3.8) is 0 Å². The fraction of sp³-hybridized carbons (Fsp3) is 0.933. The van der Waals surface area contributed by atoms with E-state index in [2.05, 4.69) is 29.1 Å². The Labute approximate surface area is 116 Å². The van der Waals surface area contributed by atoms with Crippen LogP contribution < -0.4 is 5.32 Å². The quantitative estimate of drug-likeness (QED) is 0.823. The van der Waals surface area contributed by atoms with Crippen molar-refractivity contribution in [3.05, 3.63) is 0 Å². The van der Waals surface area contributed by atoms with E-state index in [1.54, 1.807) is 0 Å². The van der Waals surface area contributed by atoms with Crippen LogP contribution in [0.1, 0.15) is 51.9 Å². The van der Waals surface area contributed by atoms with Gasteiger partial charge in [0.25, 0.3) is 0 Å². The van der Waals surface area contributed by atoms with E-state index < -0.39 is 0 Å². The molecule has 3 rings (SSSR count). The average molecular weight is 265 g/mol. The SMILES string of the molecule is CCC1NC2(CCCC2)C(=O)N1C1CCN(C)CC1. The van der Waals surface area contributed by atoms with Gasteiger partial charge < -0.3 is 9.80 Å². The first-order valence-corrected chi connectivity index (χ1v) is 7.95. The Balaban J connectivity index is 1.77. The number of hydrogen-bond acceptors (Lipinski definition) is 3. The van der Waals surface area contributed by atoms with E-state index in [0.29, 0.717) is 11.9 Å². The summed E-state index contributed by atoms with van der Waals surface area (Å²) in [6.07, 6.45) is 8.08. The van der Waals surface area contributed by atoms with E-state index in [0.717, 1.165) is 45.2 Å². The Hall–Kier alpha value is -0.610. The molecule has 1 N–H and O–H groups in total. The second kappa shape index (κ2) is 5.06. The fourth-order valence-corrected chi connectivity index (χ4v) is 4.17. The molecule has 0 radical (unpaired) electrons. The van der Waals surface area contributed by atoms with Gasteiger partial charge in [0.05, 0.1) is 11.7 Å². The normalized spacial score (nSPS) is 32.6. The average Bonchev–Trinajstić information content (AvgIpc) is 2.99. The van der Waals surface area contributed by atoms with E-state index in [4.69, 9.17) is 0 Å². The minimum atomic E-state index is -0.190. The highest BCUT2D eigenvalue weighted by molar-refractivity contribution is 5.89. The lowest BCUT2D eigenvalue weighted by atomic mass is 9.96. The van der Waals surface area contributed by atoms with Crippen LogP contribution >= 0.6 is 0 Å². The van der Waals surface area contributed by atoms with E-state index in [1.165, 1.54) is 12.8 Å². The Morgan fingerprint density at radius 1 is 1.26 bits per heavy atom. The molecule has 0 bridgehead atoms. The Kier molecular flexibility index (Phi) is 3.56. The van der Waals surface area contributed by atoms with E-state index >= 15 is 0 Å². The monoisotopic (exact) mass is 265 g/mol. The predicted octanol–water partition coefficient (Wildman–Crippen LogP) is 1.56. The van der Waals surface area contributed by atoms with Gasteiger partial charge in [-0.15, -0.1) is 0 Å². The van der Waals surface area contributed by atoms with Crippen LogP contribution in [0.4, 0.5) is 0 Å². The molecule has 1 atom stereocenters. The molecule has 1 spiro atoms. The molecule has 108 valence electrons. The highest BCUT2D eigenvalue weighted by atomic mass is 16.2. The standard InChI is InChI=1S/C15H27N3O/c1-3-13-16-15(8-4-5-9-15)14(19)18(13)12-6-10-17(2)11-7-12/h12-13,16H,3-11H2,1-2H3. The van der Waals surface area contributed by atoms with Crippen LogP contribution in [0.15, 0.2) is 0 Å². The molecule has 2 aliphatic heterocycles. The molecule has 3 aliphatic rings. The highest BCUT2D eigenvalue weighted by Gasteiger charge is 2.53. The first-order valence-electron chi connectivity index (χ1n) is 7.95. The van der Waals surface area contributed by atoms with Gasteiger partial charge in [0.2, 0.25) is 5.91 Å². The molecule has 0 aromatic carbocycles. The maximum absolute atomic E-state index is 12.9. The number of piperidine rings is 1. The van der Waals surface area contributed by atoms with Gasteiger partial charge in [-0.25, -0.2) is 0 Å². The first kappa shape index (κ1) is 13.4. The molecule has 3 fully saturated rings. The summed E-state index contributed by atoms with van der Waals surface area (Å²) >= 11 is 0. The molecule has 2 saturated heterocycles. The van der Waals surface area contributed by atoms with Crippen molar-refractivity contribution < 1.29 is 4.79 Å². The molecule has 1 amide bonds. The number of carbonyl (C=O) groups is 1. The smallest absolute Gasteiger partial charge is 0.244 e. The number of hydrogen-bond donors (Lipinski definition) is 1. The number of nitrogens with zero attached hydrogens (tertiary/aromatic N) is 2. The fourth-order valence-electron chi connectivity index (χ4n) is 4.17. The lowest BCUT2D eigenvalue weighted by molar-refractivity contribution is -0.136. The zero-order valence-corrected chi connectivity index (χ0v) is 12.3. The number of likely N-dealkylation sites (tertiary alicyclic amines) is 1. The van der Waals surface area contributed by atoms with Crippen molar-refractivity contribution in [3.8, 4) is 0 Å². The molecular formula is C15H27N3O. The van der Waals surface area contributed by atoms with Crippen molar-refractivity contribution in [1.29, 1.82) is 0 Å². The maximum atomic E-state index is 12.9. The summed E-state index contributed by atoms with van der Waals surface area (Å²) in [6, 6.07) is 0.459. The summed E-state index contributed by atoms with van der Waals surface area (Å²) in [5.41, 5.74) is -0.190. The number of carbonyl (C=O) groups excluding carboxylic acids is 1. The van der Waals surface area contributed by atoms with Gasteiger partial charge in [0, 0.05) is 6.04 Å². The third-order valence-electron chi connectivity index (χ3n) is 5.35. The molecule has 1 unspecified atom stereocenters. The lowest BCUT2D eigenvalue weighted by Gasteiger charge is -2.37. The Bertz CT molecular complexity index is 343. The second-order valence-electron chi connectivity index (χ2n) is 6.60. The van der Waals surface area contributed by atoms with Gasteiger partial charge >= 0.3 is 0 Å². The van der Waals surface area contributed by atoms with Gasteiger partial charge in [0.15, 0.2) is 0 Å². The Morgan fingerprint density at radius 2 is 1.89 bits per heavy atom. The van der Waals surface area contributed by atoms with Crippen molar-refractivity contribution >= 4 is 5.91 Å². The molecule has 2 heterocycles.